The summed E-state index contributed by atoms with van der Waals surface area (Å²) in [5, 5.41) is 11.5. The van der Waals surface area contributed by atoms with Gasteiger partial charge < -0.3 is 10.4 Å². The van der Waals surface area contributed by atoms with E-state index in [9.17, 15) is 18.4 Å². The van der Waals surface area contributed by atoms with Crippen LogP contribution in [-0.4, -0.2) is 17.0 Å². The Morgan fingerprint density at radius 1 is 0.893 bits per heavy atom. The van der Waals surface area contributed by atoms with Crippen LogP contribution in [0.4, 0.5) is 14.5 Å². The standard InChI is InChI=1S/C22H25F2NO3/c1-21(2,3)13-7-8-17(14(11-13)22(4,5)6)25-19(26)12-9-15(23)18(20(27)28)16(24)10-12/h7-11H,1-6H3,(H,25,26)(H,27,28). The predicted molar refractivity (Wildman–Crippen MR) is 105 cm³/mol. The highest BCUT2D eigenvalue weighted by molar-refractivity contribution is 6.05. The van der Waals surface area contributed by atoms with Crippen molar-refractivity contribution < 1.29 is 23.5 Å². The summed E-state index contributed by atoms with van der Waals surface area (Å²) in [6, 6.07) is 7.14. The first kappa shape index (κ1) is 21.5. The molecule has 0 aliphatic carbocycles. The number of carbonyl (C=O) groups excluding carboxylic acids is 1. The van der Waals surface area contributed by atoms with Crippen molar-refractivity contribution in [2.24, 2.45) is 0 Å². The lowest BCUT2D eigenvalue weighted by molar-refractivity contribution is 0.0685. The Morgan fingerprint density at radius 3 is 1.86 bits per heavy atom. The first-order valence-corrected chi connectivity index (χ1v) is 8.90. The lowest BCUT2D eigenvalue weighted by Gasteiger charge is -2.27. The zero-order valence-corrected chi connectivity index (χ0v) is 16.9. The van der Waals surface area contributed by atoms with E-state index in [0.29, 0.717) is 5.69 Å². The van der Waals surface area contributed by atoms with Gasteiger partial charge in [-0.05, 0) is 40.2 Å². The minimum Gasteiger partial charge on any atom is -0.477 e. The van der Waals surface area contributed by atoms with Gasteiger partial charge in [0.1, 0.15) is 17.2 Å². The molecule has 4 nitrogen and oxygen atoms in total. The van der Waals surface area contributed by atoms with Gasteiger partial charge >= 0.3 is 5.97 Å². The number of hydrogen-bond acceptors (Lipinski definition) is 2. The summed E-state index contributed by atoms with van der Waals surface area (Å²) in [4.78, 5) is 23.5. The maximum atomic E-state index is 13.9. The number of hydrogen-bond donors (Lipinski definition) is 2. The topological polar surface area (TPSA) is 66.4 Å². The van der Waals surface area contributed by atoms with Crippen molar-refractivity contribution >= 4 is 17.6 Å². The maximum Gasteiger partial charge on any atom is 0.341 e. The van der Waals surface area contributed by atoms with Crippen molar-refractivity contribution in [2.45, 2.75) is 52.4 Å². The minimum absolute atomic E-state index is 0.0819. The fourth-order valence-electron chi connectivity index (χ4n) is 2.84. The Hall–Kier alpha value is -2.76. The number of nitrogens with one attached hydrogen (secondary N) is 1. The van der Waals surface area contributed by atoms with Crippen LogP contribution in [0.2, 0.25) is 0 Å². The molecule has 0 bridgehead atoms. The minimum atomic E-state index is -1.73. The molecule has 2 rings (SSSR count). The Bertz CT molecular complexity index is 915. The number of benzene rings is 2. The first-order valence-electron chi connectivity index (χ1n) is 8.90. The van der Waals surface area contributed by atoms with Crippen LogP contribution in [0.1, 0.15) is 73.4 Å². The smallest absolute Gasteiger partial charge is 0.341 e. The lowest BCUT2D eigenvalue weighted by Crippen LogP contribution is -2.21. The normalized spacial score (nSPS) is 12.0. The Kier molecular flexibility index (Phi) is 5.64. The quantitative estimate of drug-likeness (QED) is 0.727. The molecular weight excluding hydrogens is 364 g/mol. The van der Waals surface area contributed by atoms with Crippen molar-refractivity contribution in [3.8, 4) is 0 Å². The van der Waals surface area contributed by atoms with E-state index in [-0.39, 0.29) is 16.4 Å². The second kappa shape index (κ2) is 7.34. The van der Waals surface area contributed by atoms with E-state index in [1.54, 1.807) is 6.07 Å². The zero-order valence-electron chi connectivity index (χ0n) is 16.9. The molecule has 2 aromatic carbocycles. The highest BCUT2D eigenvalue weighted by Crippen LogP contribution is 2.34. The lowest BCUT2D eigenvalue weighted by atomic mass is 9.80. The van der Waals surface area contributed by atoms with Gasteiger partial charge in [0.2, 0.25) is 0 Å². The van der Waals surface area contributed by atoms with Gasteiger partial charge in [-0.2, -0.15) is 0 Å². The number of halogens is 2. The van der Waals surface area contributed by atoms with E-state index in [1.165, 1.54) is 0 Å². The molecule has 0 fully saturated rings. The van der Waals surface area contributed by atoms with Crippen molar-refractivity contribution in [3.63, 3.8) is 0 Å². The molecule has 0 aliphatic heterocycles. The molecular formula is C22H25F2NO3. The van der Waals surface area contributed by atoms with Crippen LogP contribution in [0.5, 0.6) is 0 Å². The molecule has 2 aromatic rings. The van der Waals surface area contributed by atoms with E-state index >= 15 is 0 Å². The second-order valence-electron chi connectivity index (χ2n) is 8.83. The Balaban J connectivity index is 2.45. The number of amides is 1. The van der Waals surface area contributed by atoms with Gasteiger partial charge in [0.25, 0.3) is 5.91 Å². The van der Waals surface area contributed by atoms with Gasteiger partial charge in [-0.3, -0.25) is 4.79 Å². The summed E-state index contributed by atoms with van der Waals surface area (Å²) in [6.45, 7) is 12.3. The molecule has 0 spiro atoms. The molecule has 0 radical (unpaired) electrons. The highest BCUT2D eigenvalue weighted by atomic mass is 19.1. The molecule has 150 valence electrons. The van der Waals surface area contributed by atoms with Crippen molar-refractivity contribution in [2.75, 3.05) is 5.32 Å². The summed E-state index contributed by atoms with van der Waals surface area (Å²) in [6.07, 6.45) is 0. The van der Waals surface area contributed by atoms with Crippen LogP contribution in [0.25, 0.3) is 0 Å². The zero-order chi connectivity index (χ0) is 21.4. The molecule has 0 saturated heterocycles. The summed E-state index contributed by atoms with van der Waals surface area (Å²) in [7, 11) is 0. The van der Waals surface area contributed by atoms with Crippen molar-refractivity contribution in [1.82, 2.24) is 0 Å². The molecule has 0 heterocycles. The first-order chi connectivity index (χ1) is 12.7. The van der Waals surface area contributed by atoms with Gasteiger partial charge in [0.05, 0.1) is 0 Å². The second-order valence-corrected chi connectivity index (χ2v) is 8.83. The van der Waals surface area contributed by atoms with Gasteiger partial charge in [-0.1, -0.05) is 53.7 Å². The Labute approximate surface area is 163 Å². The molecule has 0 aromatic heterocycles. The van der Waals surface area contributed by atoms with Crippen LogP contribution in [-0.2, 0) is 10.8 Å². The van der Waals surface area contributed by atoms with Gasteiger partial charge in [0.15, 0.2) is 0 Å². The van der Waals surface area contributed by atoms with Crippen LogP contribution in [0, 0.1) is 11.6 Å². The number of rotatable bonds is 3. The molecule has 2 N–H and O–H groups in total. The van der Waals surface area contributed by atoms with Crippen molar-refractivity contribution in [1.29, 1.82) is 0 Å². The van der Waals surface area contributed by atoms with E-state index in [0.717, 1.165) is 23.3 Å². The van der Waals surface area contributed by atoms with E-state index in [2.05, 4.69) is 26.1 Å². The monoisotopic (exact) mass is 389 g/mol. The van der Waals surface area contributed by atoms with E-state index < -0.39 is 29.1 Å². The number of aromatic carboxylic acids is 1. The van der Waals surface area contributed by atoms with Gasteiger partial charge in [-0.25, -0.2) is 13.6 Å². The summed E-state index contributed by atoms with van der Waals surface area (Å²) >= 11 is 0. The summed E-state index contributed by atoms with van der Waals surface area (Å²) < 4.78 is 27.8. The van der Waals surface area contributed by atoms with Crippen LogP contribution in [0.15, 0.2) is 30.3 Å². The molecule has 0 saturated carbocycles. The van der Waals surface area contributed by atoms with Crippen LogP contribution in [0.3, 0.4) is 0 Å². The maximum absolute atomic E-state index is 13.9. The third kappa shape index (κ3) is 4.55. The molecule has 28 heavy (non-hydrogen) atoms. The molecule has 1 amide bonds. The predicted octanol–water partition coefficient (Wildman–Crippen LogP) is 5.51. The number of carboxylic acids is 1. The fraction of sp³-hybridized carbons (Fsp3) is 0.364. The largest absolute Gasteiger partial charge is 0.477 e. The molecule has 0 atom stereocenters. The molecule has 0 unspecified atom stereocenters. The summed E-state index contributed by atoms with van der Waals surface area (Å²) in [5.41, 5.74) is 0.777. The number of anilines is 1. The average molecular weight is 389 g/mol. The SMILES string of the molecule is CC(C)(C)c1ccc(NC(=O)c2cc(F)c(C(=O)O)c(F)c2)c(C(C)(C)C)c1. The molecule has 0 aliphatic rings. The van der Waals surface area contributed by atoms with E-state index in [1.807, 2.05) is 32.9 Å². The van der Waals surface area contributed by atoms with Crippen molar-refractivity contribution in [3.05, 3.63) is 64.2 Å². The number of carbonyl (C=O) groups is 2. The van der Waals surface area contributed by atoms with E-state index in [4.69, 9.17) is 5.11 Å². The Morgan fingerprint density at radius 2 is 1.43 bits per heavy atom. The van der Waals surface area contributed by atoms with Crippen LogP contribution < -0.4 is 5.32 Å². The summed E-state index contributed by atoms with van der Waals surface area (Å²) in [5.74, 6) is -5.04. The third-order valence-electron chi connectivity index (χ3n) is 4.46. The third-order valence-corrected chi connectivity index (χ3v) is 4.46. The highest BCUT2D eigenvalue weighted by Gasteiger charge is 2.24. The fourth-order valence-corrected chi connectivity index (χ4v) is 2.84. The van der Waals surface area contributed by atoms with Crippen LogP contribution >= 0.6 is 0 Å². The average Bonchev–Trinajstić information content (AvgIpc) is 2.51. The van der Waals surface area contributed by atoms with Gasteiger partial charge in [0, 0.05) is 11.3 Å². The van der Waals surface area contributed by atoms with Gasteiger partial charge in [-0.15, -0.1) is 0 Å². The molecule has 6 heteroatoms. The number of carboxylic acid groups (broad SMARTS) is 1.